The first-order chi connectivity index (χ1) is 10.0. The van der Waals surface area contributed by atoms with E-state index in [0.717, 1.165) is 23.2 Å². The van der Waals surface area contributed by atoms with Crippen molar-refractivity contribution in [2.75, 3.05) is 14.1 Å². The number of hydrogen-bond donors (Lipinski definition) is 1. The Hall–Kier alpha value is -1.84. The average Bonchev–Trinajstić information content (AvgIpc) is 2.47. The molecule has 0 atom stereocenters. The molecular weight excluding hydrogens is 284 g/mol. The number of rotatable bonds is 4. The summed E-state index contributed by atoms with van der Waals surface area (Å²) in [5.41, 5.74) is 4.69. The van der Waals surface area contributed by atoms with E-state index >= 15 is 0 Å². The van der Waals surface area contributed by atoms with Gasteiger partial charge in [0.25, 0.3) is 0 Å². The summed E-state index contributed by atoms with van der Waals surface area (Å²) in [7, 11) is 4.08. The molecule has 0 radical (unpaired) electrons. The molecule has 0 amide bonds. The monoisotopic (exact) mass is 302 g/mol. The quantitative estimate of drug-likeness (QED) is 0.520. The molecule has 1 N–H and O–H groups in total. The molecule has 0 aliphatic carbocycles. The largest absolute Gasteiger partial charge is 0.411 e. The van der Waals surface area contributed by atoms with E-state index in [2.05, 4.69) is 22.2 Å². The Labute approximate surface area is 130 Å². The van der Waals surface area contributed by atoms with Crippen molar-refractivity contribution in [2.24, 2.45) is 5.16 Å². The minimum absolute atomic E-state index is 0.568. The van der Waals surface area contributed by atoms with Crippen LogP contribution >= 0.6 is 11.6 Å². The van der Waals surface area contributed by atoms with Crippen LogP contribution in [0, 0.1) is 0 Å². The predicted molar refractivity (Wildman–Crippen MR) is 88.3 cm³/mol. The number of nitrogens with zero attached hydrogens (tertiary/aromatic N) is 2. The van der Waals surface area contributed by atoms with Gasteiger partial charge in [0.2, 0.25) is 0 Å². The highest BCUT2D eigenvalue weighted by atomic mass is 35.5. The highest BCUT2D eigenvalue weighted by molar-refractivity contribution is 6.33. The summed E-state index contributed by atoms with van der Waals surface area (Å²) < 4.78 is 0. The highest BCUT2D eigenvalue weighted by Crippen LogP contribution is 2.32. The second-order valence-electron chi connectivity index (χ2n) is 5.27. The maximum atomic E-state index is 8.94. The summed E-state index contributed by atoms with van der Waals surface area (Å²) in [5, 5.41) is 12.9. The van der Waals surface area contributed by atoms with Gasteiger partial charge in [0.15, 0.2) is 0 Å². The van der Waals surface area contributed by atoms with E-state index in [9.17, 15) is 0 Å². The number of oxime groups is 1. The van der Waals surface area contributed by atoms with Gasteiger partial charge in [0, 0.05) is 17.1 Å². The molecule has 0 spiro atoms. The van der Waals surface area contributed by atoms with Gasteiger partial charge >= 0.3 is 0 Å². The average molecular weight is 303 g/mol. The van der Waals surface area contributed by atoms with Gasteiger partial charge in [0.1, 0.15) is 0 Å². The zero-order valence-electron chi connectivity index (χ0n) is 12.5. The smallest absolute Gasteiger partial charge is 0.0837 e. The van der Waals surface area contributed by atoms with E-state index in [1.807, 2.05) is 44.4 Å². The predicted octanol–water partition coefficient (Wildman–Crippen LogP) is 4.27. The maximum Gasteiger partial charge on any atom is 0.0837 e. The van der Waals surface area contributed by atoms with Gasteiger partial charge in [0.05, 0.1) is 5.71 Å². The van der Waals surface area contributed by atoms with Gasteiger partial charge in [-0.2, -0.15) is 0 Å². The molecule has 0 aliphatic rings. The summed E-state index contributed by atoms with van der Waals surface area (Å²) in [4.78, 5) is 2.12. The van der Waals surface area contributed by atoms with Gasteiger partial charge in [-0.05, 0) is 49.8 Å². The Bertz CT molecular complexity index is 666. The van der Waals surface area contributed by atoms with E-state index < -0.39 is 0 Å². The molecule has 0 aliphatic heterocycles. The van der Waals surface area contributed by atoms with Crippen LogP contribution in [-0.4, -0.2) is 29.9 Å². The SMILES string of the molecule is C/C(=N\O)c1ccc(Cl)c(-c2ccccc2CN(C)C)c1. The van der Waals surface area contributed by atoms with Crippen molar-refractivity contribution in [3.05, 3.63) is 58.6 Å². The van der Waals surface area contributed by atoms with Crippen molar-refractivity contribution >= 4 is 17.3 Å². The molecule has 0 saturated carbocycles. The molecule has 3 nitrogen and oxygen atoms in total. The molecule has 110 valence electrons. The summed E-state index contributed by atoms with van der Waals surface area (Å²) in [6.45, 7) is 2.60. The third-order valence-electron chi connectivity index (χ3n) is 3.33. The fourth-order valence-corrected chi connectivity index (χ4v) is 2.50. The number of halogens is 1. The fraction of sp³-hybridized carbons (Fsp3) is 0.235. The summed E-state index contributed by atoms with van der Waals surface area (Å²) in [6, 6.07) is 13.9. The van der Waals surface area contributed by atoms with Crippen LogP contribution in [0.25, 0.3) is 11.1 Å². The second kappa shape index (κ2) is 6.74. The van der Waals surface area contributed by atoms with Crippen molar-refractivity contribution < 1.29 is 5.21 Å². The van der Waals surface area contributed by atoms with E-state index in [1.165, 1.54) is 5.56 Å². The lowest BCUT2D eigenvalue weighted by molar-refractivity contribution is 0.319. The molecule has 0 heterocycles. The van der Waals surface area contributed by atoms with Gasteiger partial charge in [-0.3, -0.25) is 0 Å². The summed E-state index contributed by atoms with van der Waals surface area (Å²) in [5.74, 6) is 0. The Morgan fingerprint density at radius 3 is 2.52 bits per heavy atom. The zero-order valence-corrected chi connectivity index (χ0v) is 13.2. The van der Waals surface area contributed by atoms with Crippen LogP contribution in [0.3, 0.4) is 0 Å². The van der Waals surface area contributed by atoms with Gasteiger partial charge < -0.3 is 10.1 Å². The molecule has 0 saturated heterocycles. The first kappa shape index (κ1) is 15.5. The molecule has 0 bridgehead atoms. The van der Waals surface area contributed by atoms with Crippen LogP contribution in [0.4, 0.5) is 0 Å². The van der Waals surface area contributed by atoms with Crippen LogP contribution in [-0.2, 0) is 6.54 Å². The molecule has 2 rings (SSSR count). The molecule has 2 aromatic rings. The van der Waals surface area contributed by atoms with E-state index in [0.29, 0.717) is 10.7 Å². The Morgan fingerprint density at radius 1 is 1.14 bits per heavy atom. The zero-order chi connectivity index (χ0) is 15.4. The second-order valence-corrected chi connectivity index (χ2v) is 5.68. The van der Waals surface area contributed by atoms with Crippen LogP contribution < -0.4 is 0 Å². The Kier molecular flexibility index (Phi) is 4.99. The van der Waals surface area contributed by atoms with E-state index in [4.69, 9.17) is 16.8 Å². The summed E-state index contributed by atoms with van der Waals surface area (Å²) in [6.07, 6.45) is 0. The van der Waals surface area contributed by atoms with Crippen LogP contribution in [0.2, 0.25) is 5.02 Å². The molecule has 4 heteroatoms. The fourth-order valence-electron chi connectivity index (χ4n) is 2.28. The maximum absolute atomic E-state index is 8.94. The first-order valence-electron chi connectivity index (χ1n) is 6.74. The summed E-state index contributed by atoms with van der Waals surface area (Å²) >= 11 is 6.37. The lowest BCUT2D eigenvalue weighted by Crippen LogP contribution is -2.11. The van der Waals surface area contributed by atoms with Crippen molar-refractivity contribution in [1.29, 1.82) is 0 Å². The minimum Gasteiger partial charge on any atom is -0.411 e. The van der Waals surface area contributed by atoms with Crippen LogP contribution in [0.15, 0.2) is 47.6 Å². The molecule has 0 aromatic heterocycles. The molecule has 21 heavy (non-hydrogen) atoms. The van der Waals surface area contributed by atoms with E-state index in [-0.39, 0.29) is 0 Å². The third-order valence-corrected chi connectivity index (χ3v) is 3.66. The third kappa shape index (κ3) is 3.63. The molecule has 0 fully saturated rings. The van der Waals surface area contributed by atoms with Gasteiger partial charge in [-0.25, -0.2) is 0 Å². The van der Waals surface area contributed by atoms with Crippen molar-refractivity contribution in [3.8, 4) is 11.1 Å². The van der Waals surface area contributed by atoms with Gasteiger partial charge in [-0.1, -0.05) is 47.1 Å². The Balaban J connectivity index is 2.56. The standard InChI is InChI=1S/C17H19ClN2O/c1-12(19-21)13-8-9-17(18)16(10-13)15-7-5-4-6-14(15)11-20(2)3/h4-10,21H,11H2,1-3H3/b19-12+. The molecule has 0 unspecified atom stereocenters. The van der Waals surface area contributed by atoms with Crippen molar-refractivity contribution in [2.45, 2.75) is 13.5 Å². The number of hydrogen-bond acceptors (Lipinski definition) is 3. The lowest BCUT2D eigenvalue weighted by Gasteiger charge is -2.16. The molecule has 2 aromatic carbocycles. The first-order valence-corrected chi connectivity index (χ1v) is 7.12. The molecular formula is C17H19ClN2O. The normalized spacial score (nSPS) is 12.0. The van der Waals surface area contributed by atoms with Crippen LogP contribution in [0.5, 0.6) is 0 Å². The van der Waals surface area contributed by atoms with Crippen molar-refractivity contribution in [3.63, 3.8) is 0 Å². The Morgan fingerprint density at radius 2 is 1.86 bits per heavy atom. The highest BCUT2D eigenvalue weighted by Gasteiger charge is 2.11. The van der Waals surface area contributed by atoms with Crippen molar-refractivity contribution in [1.82, 2.24) is 4.90 Å². The lowest BCUT2D eigenvalue weighted by atomic mass is 9.97. The van der Waals surface area contributed by atoms with E-state index in [1.54, 1.807) is 6.92 Å². The minimum atomic E-state index is 0.568. The topological polar surface area (TPSA) is 35.8 Å². The van der Waals surface area contributed by atoms with Gasteiger partial charge in [-0.15, -0.1) is 0 Å². The van der Waals surface area contributed by atoms with Crippen LogP contribution in [0.1, 0.15) is 18.1 Å². The number of benzene rings is 2.